The number of nitrogens with zero attached hydrogens (tertiary/aromatic N) is 2. The smallest absolute Gasteiger partial charge is 0.137 e. The van der Waals surface area contributed by atoms with E-state index < -0.39 is 0 Å². The molecule has 0 radical (unpaired) electrons. The fraction of sp³-hybridized carbons (Fsp3) is 0.222. The van der Waals surface area contributed by atoms with E-state index in [0.717, 1.165) is 23.7 Å². The predicted molar refractivity (Wildman–Crippen MR) is 87.9 cm³/mol. The summed E-state index contributed by atoms with van der Waals surface area (Å²) in [5.41, 5.74) is 2.38. The molecule has 118 valence electrons. The number of rotatable bonds is 6. The quantitative estimate of drug-likeness (QED) is 0.759. The molecule has 0 aliphatic carbocycles. The lowest BCUT2D eigenvalue weighted by Gasteiger charge is -2.16. The van der Waals surface area contributed by atoms with Crippen molar-refractivity contribution in [3.8, 4) is 11.5 Å². The Kier molecular flexibility index (Phi) is 4.57. The summed E-state index contributed by atoms with van der Waals surface area (Å²) in [6, 6.07) is 16.2. The van der Waals surface area contributed by atoms with Gasteiger partial charge in [-0.2, -0.15) is 5.10 Å². The van der Waals surface area contributed by atoms with E-state index >= 15 is 0 Å². The fourth-order valence-corrected chi connectivity index (χ4v) is 2.59. The molecule has 0 fully saturated rings. The monoisotopic (exact) mass is 309 g/mol. The average molecular weight is 309 g/mol. The van der Waals surface area contributed by atoms with Gasteiger partial charge in [0.15, 0.2) is 0 Å². The van der Waals surface area contributed by atoms with Gasteiger partial charge < -0.3 is 9.47 Å². The number of benzene rings is 2. The van der Waals surface area contributed by atoms with Gasteiger partial charge in [-0.25, -0.2) is 4.98 Å². The predicted octanol–water partition coefficient (Wildman–Crippen LogP) is 3.20. The van der Waals surface area contributed by atoms with Gasteiger partial charge in [-0.3, -0.25) is 5.10 Å². The van der Waals surface area contributed by atoms with E-state index in [2.05, 4.69) is 39.4 Å². The van der Waals surface area contributed by atoms with Gasteiger partial charge in [0.05, 0.1) is 14.2 Å². The molecule has 23 heavy (non-hydrogen) atoms. The van der Waals surface area contributed by atoms with Gasteiger partial charge in [-0.05, 0) is 41.8 Å². The number of aromatic amines is 1. The second-order valence-electron chi connectivity index (χ2n) is 5.25. The Bertz CT molecular complexity index is 722. The highest BCUT2D eigenvalue weighted by Crippen LogP contribution is 2.28. The minimum atomic E-state index is 0.108. The van der Waals surface area contributed by atoms with Crippen LogP contribution in [-0.2, 0) is 6.42 Å². The Balaban J connectivity index is 1.88. The highest BCUT2D eigenvalue weighted by Gasteiger charge is 2.18. The van der Waals surface area contributed by atoms with E-state index in [1.807, 2.05) is 24.3 Å². The molecular weight excluding hydrogens is 290 g/mol. The lowest BCUT2D eigenvalue weighted by molar-refractivity contribution is 0.414. The molecule has 1 unspecified atom stereocenters. The molecule has 0 saturated heterocycles. The highest BCUT2D eigenvalue weighted by atomic mass is 16.5. The van der Waals surface area contributed by atoms with E-state index in [1.54, 1.807) is 20.5 Å². The molecule has 5 nitrogen and oxygen atoms in total. The van der Waals surface area contributed by atoms with Crippen LogP contribution >= 0.6 is 0 Å². The number of H-pyrrole nitrogens is 1. The SMILES string of the molecule is COc1ccc(CC(c2ccc(OC)cc2)c2ncn[nH]2)cc1. The molecular formula is C18H19N3O2. The van der Waals surface area contributed by atoms with Crippen molar-refractivity contribution < 1.29 is 9.47 Å². The van der Waals surface area contributed by atoms with Crippen LogP contribution in [0.4, 0.5) is 0 Å². The Labute approximate surface area is 135 Å². The van der Waals surface area contributed by atoms with Crippen molar-refractivity contribution in [1.29, 1.82) is 0 Å². The first-order valence-electron chi connectivity index (χ1n) is 7.42. The zero-order chi connectivity index (χ0) is 16.1. The summed E-state index contributed by atoms with van der Waals surface area (Å²) in [5.74, 6) is 2.66. The van der Waals surface area contributed by atoms with Gasteiger partial charge in [-0.15, -0.1) is 0 Å². The highest BCUT2D eigenvalue weighted by molar-refractivity contribution is 5.35. The van der Waals surface area contributed by atoms with Gasteiger partial charge in [-0.1, -0.05) is 24.3 Å². The minimum Gasteiger partial charge on any atom is -0.497 e. The molecule has 1 atom stereocenters. The van der Waals surface area contributed by atoms with Gasteiger partial charge in [0.1, 0.15) is 23.7 Å². The normalized spacial score (nSPS) is 11.9. The molecule has 0 saturated carbocycles. The zero-order valence-corrected chi connectivity index (χ0v) is 13.2. The first-order valence-corrected chi connectivity index (χ1v) is 7.42. The van der Waals surface area contributed by atoms with Gasteiger partial charge in [0.25, 0.3) is 0 Å². The number of hydrogen-bond acceptors (Lipinski definition) is 4. The van der Waals surface area contributed by atoms with Crippen LogP contribution in [0.5, 0.6) is 11.5 Å². The van der Waals surface area contributed by atoms with E-state index in [4.69, 9.17) is 9.47 Å². The van der Waals surface area contributed by atoms with Crippen LogP contribution in [0.1, 0.15) is 22.9 Å². The molecule has 0 aliphatic rings. The van der Waals surface area contributed by atoms with Crippen LogP contribution in [-0.4, -0.2) is 29.4 Å². The number of methoxy groups -OCH3 is 2. The summed E-state index contributed by atoms with van der Waals surface area (Å²) in [5, 5.41) is 6.98. The minimum absolute atomic E-state index is 0.108. The van der Waals surface area contributed by atoms with Crippen LogP contribution in [0.15, 0.2) is 54.9 Å². The second-order valence-corrected chi connectivity index (χ2v) is 5.25. The molecule has 1 N–H and O–H groups in total. The first-order chi connectivity index (χ1) is 11.3. The molecule has 0 aliphatic heterocycles. The molecule has 0 bridgehead atoms. The molecule has 5 heteroatoms. The van der Waals surface area contributed by atoms with Crippen molar-refractivity contribution in [3.63, 3.8) is 0 Å². The largest absolute Gasteiger partial charge is 0.497 e. The third-order valence-electron chi connectivity index (χ3n) is 3.88. The van der Waals surface area contributed by atoms with E-state index in [0.29, 0.717) is 0 Å². The van der Waals surface area contributed by atoms with Gasteiger partial charge in [0.2, 0.25) is 0 Å². The number of aromatic nitrogens is 3. The second kappa shape index (κ2) is 6.96. The summed E-state index contributed by atoms with van der Waals surface area (Å²) in [6.45, 7) is 0. The lowest BCUT2D eigenvalue weighted by Crippen LogP contribution is -2.07. The van der Waals surface area contributed by atoms with Crippen molar-refractivity contribution in [2.24, 2.45) is 0 Å². The molecule has 0 amide bonds. The van der Waals surface area contributed by atoms with Crippen LogP contribution < -0.4 is 9.47 Å². The van der Waals surface area contributed by atoms with Crippen molar-refractivity contribution in [2.45, 2.75) is 12.3 Å². The van der Waals surface area contributed by atoms with E-state index in [9.17, 15) is 0 Å². The van der Waals surface area contributed by atoms with Crippen molar-refractivity contribution in [1.82, 2.24) is 15.2 Å². The maximum atomic E-state index is 5.23. The number of nitrogens with one attached hydrogen (secondary N) is 1. The number of hydrogen-bond donors (Lipinski definition) is 1. The Morgan fingerprint density at radius 3 is 2.04 bits per heavy atom. The molecule has 0 spiro atoms. The zero-order valence-electron chi connectivity index (χ0n) is 13.2. The van der Waals surface area contributed by atoms with E-state index in [1.165, 1.54) is 11.1 Å². The molecule has 1 aromatic heterocycles. The lowest BCUT2D eigenvalue weighted by atomic mass is 9.91. The van der Waals surface area contributed by atoms with Crippen molar-refractivity contribution in [2.75, 3.05) is 14.2 Å². The van der Waals surface area contributed by atoms with Gasteiger partial charge >= 0.3 is 0 Å². The van der Waals surface area contributed by atoms with Crippen LogP contribution in [0.2, 0.25) is 0 Å². The standard InChI is InChI=1S/C18H19N3O2/c1-22-15-7-3-13(4-8-15)11-17(18-19-12-20-21-18)14-5-9-16(23-2)10-6-14/h3-10,12,17H,11H2,1-2H3,(H,19,20,21). The Morgan fingerprint density at radius 2 is 1.52 bits per heavy atom. The topological polar surface area (TPSA) is 60.0 Å². The van der Waals surface area contributed by atoms with Crippen LogP contribution in [0, 0.1) is 0 Å². The summed E-state index contributed by atoms with van der Waals surface area (Å²) in [4.78, 5) is 4.34. The Hall–Kier alpha value is -2.82. The molecule has 3 aromatic rings. The van der Waals surface area contributed by atoms with Gasteiger partial charge in [0, 0.05) is 5.92 Å². The first kappa shape index (κ1) is 15.1. The maximum Gasteiger partial charge on any atom is 0.137 e. The van der Waals surface area contributed by atoms with Crippen LogP contribution in [0.3, 0.4) is 0 Å². The molecule has 1 heterocycles. The average Bonchev–Trinajstić information content (AvgIpc) is 3.15. The molecule has 2 aromatic carbocycles. The van der Waals surface area contributed by atoms with E-state index in [-0.39, 0.29) is 5.92 Å². The third kappa shape index (κ3) is 3.51. The fourth-order valence-electron chi connectivity index (χ4n) is 2.59. The molecule has 3 rings (SSSR count). The van der Waals surface area contributed by atoms with Crippen LogP contribution in [0.25, 0.3) is 0 Å². The van der Waals surface area contributed by atoms with Crippen molar-refractivity contribution in [3.05, 3.63) is 71.8 Å². The summed E-state index contributed by atoms with van der Waals surface area (Å²) in [6.07, 6.45) is 2.37. The maximum absolute atomic E-state index is 5.23. The third-order valence-corrected chi connectivity index (χ3v) is 3.88. The summed E-state index contributed by atoms with van der Waals surface area (Å²) in [7, 11) is 3.34. The summed E-state index contributed by atoms with van der Waals surface area (Å²) >= 11 is 0. The number of ether oxygens (including phenoxy) is 2. The summed E-state index contributed by atoms with van der Waals surface area (Å²) < 4.78 is 10.4. The Morgan fingerprint density at radius 1 is 0.913 bits per heavy atom. The van der Waals surface area contributed by atoms with Crippen molar-refractivity contribution >= 4 is 0 Å².